The van der Waals surface area contributed by atoms with Gasteiger partial charge in [0.2, 0.25) is 5.91 Å². The highest BCUT2D eigenvalue weighted by atomic mass is 16.6. The van der Waals surface area contributed by atoms with Gasteiger partial charge in [0.15, 0.2) is 5.72 Å². The molecule has 11 heteroatoms. The normalized spacial score (nSPS) is 30.6. The van der Waals surface area contributed by atoms with Crippen LogP contribution < -0.4 is 10.6 Å². The molecule has 3 saturated carbocycles. The van der Waals surface area contributed by atoms with Gasteiger partial charge in [0.25, 0.3) is 5.91 Å². The highest BCUT2D eigenvalue weighted by Gasteiger charge is 2.73. The minimum Gasteiger partial charge on any atom is -0.444 e. The van der Waals surface area contributed by atoms with E-state index in [1.54, 1.807) is 7.11 Å². The molecule has 11 rings (SSSR count). The Balaban J connectivity index is 1.12. The highest BCUT2D eigenvalue weighted by molar-refractivity contribution is 6.31. The van der Waals surface area contributed by atoms with Crippen LogP contribution in [0.3, 0.4) is 0 Å². The number of ether oxygens (including phenoxy) is 3. The van der Waals surface area contributed by atoms with E-state index < -0.39 is 40.7 Å². The van der Waals surface area contributed by atoms with E-state index in [1.807, 2.05) is 57.0 Å². The van der Waals surface area contributed by atoms with Crippen LogP contribution in [0.5, 0.6) is 0 Å². The van der Waals surface area contributed by atoms with E-state index in [1.165, 1.54) is 0 Å². The fourth-order valence-electron chi connectivity index (χ4n) is 10.6. The van der Waals surface area contributed by atoms with Gasteiger partial charge in [-0.2, -0.15) is 0 Å². The summed E-state index contributed by atoms with van der Waals surface area (Å²) < 4.78 is 23.8. The van der Waals surface area contributed by atoms with Crippen LogP contribution in [0.1, 0.15) is 75.5 Å². The number of likely N-dealkylation sites (N-methyl/N-ethyl adjacent to an activating group) is 1. The Kier molecular flexibility index (Phi) is 5.67. The van der Waals surface area contributed by atoms with E-state index in [0.29, 0.717) is 32.2 Å². The van der Waals surface area contributed by atoms with Crippen molar-refractivity contribution in [2.75, 3.05) is 14.2 Å². The van der Waals surface area contributed by atoms with E-state index in [-0.39, 0.29) is 17.9 Å². The first-order valence-electron chi connectivity index (χ1n) is 17.6. The summed E-state index contributed by atoms with van der Waals surface area (Å²) >= 11 is 0. The van der Waals surface area contributed by atoms with Crippen molar-refractivity contribution in [3.8, 4) is 0 Å². The van der Waals surface area contributed by atoms with E-state index in [0.717, 1.165) is 54.7 Å². The predicted octanol–water partition coefficient (Wildman–Crippen LogP) is 6.04. The molecule has 0 radical (unpaired) electrons. The molecule has 258 valence electrons. The SMILES string of the molecule is CO[C@@H]1[C@H](N(C)C(=O)C23CC(NC(=O)OC(C)(C)C)(C2)C3)C[C@H]2O[C@]1(C)n1c3ccccc3c3c4c(c5c6ccccc6n2c5c31)C(=O)NC4. The van der Waals surface area contributed by atoms with Crippen LogP contribution in [0.2, 0.25) is 0 Å². The minimum absolute atomic E-state index is 0.0588. The van der Waals surface area contributed by atoms with Crippen molar-refractivity contribution in [3.05, 3.63) is 59.7 Å². The van der Waals surface area contributed by atoms with Crippen molar-refractivity contribution in [2.45, 2.75) is 95.2 Å². The van der Waals surface area contributed by atoms with Gasteiger partial charge in [-0.25, -0.2) is 4.79 Å². The first-order chi connectivity index (χ1) is 23.8. The maximum absolute atomic E-state index is 14.5. The molecule has 6 aliphatic rings. The van der Waals surface area contributed by atoms with Gasteiger partial charge < -0.3 is 38.9 Å². The number of amides is 3. The molecule has 3 aliphatic heterocycles. The number of fused-ring (bicyclic) bond motifs is 13. The van der Waals surface area contributed by atoms with Crippen molar-refractivity contribution in [1.82, 2.24) is 24.7 Å². The second-order valence-corrected chi connectivity index (χ2v) is 16.4. The summed E-state index contributed by atoms with van der Waals surface area (Å²) in [7, 11) is 3.60. The van der Waals surface area contributed by atoms with Crippen molar-refractivity contribution in [3.63, 3.8) is 0 Å². The molecular formula is C39H41N5O6. The predicted molar refractivity (Wildman–Crippen MR) is 188 cm³/mol. The number of carbonyl (C=O) groups excluding carboxylic acids is 3. The molecular weight excluding hydrogens is 634 g/mol. The highest BCUT2D eigenvalue weighted by Crippen LogP contribution is 2.68. The van der Waals surface area contributed by atoms with Crippen molar-refractivity contribution in [1.29, 1.82) is 0 Å². The molecule has 3 amide bonds. The topological polar surface area (TPSA) is 116 Å². The van der Waals surface area contributed by atoms with Gasteiger partial charge in [-0.1, -0.05) is 36.4 Å². The third-order valence-electron chi connectivity index (χ3n) is 12.3. The minimum atomic E-state index is -1.02. The fraction of sp³-hybridized carbons (Fsp3) is 0.462. The Morgan fingerprint density at radius 1 is 1.00 bits per heavy atom. The molecule has 0 unspecified atom stereocenters. The van der Waals surface area contributed by atoms with Crippen LogP contribution in [-0.4, -0.2) is 69.4 Å². The third-order valence-corrected chi connectivity index (χ3v) is 12.3. The summed E-state index contributed by atoms with van der Waals surface area (Å²) in [6, 6.07) is 16.2. The average molecular weight is 676 g/mol. The number of benzene rings is 3. The van der Waals surface area contributed by atoms with Gasteiger partial charge in [0, 0.05) is 54.2 Å². The third kappa shape index (κ3) is 3.59. The second kappa shape index (κ2) is 9.38. The Bertz CT molecular complexity index is 2360. The lowest BCUT2D eigenvalue weighted by molar-refractivity contribution is -0.269. The van der Waals surface area contributed by atoms with Gasteiger partial charge in [-0.3, -0.25) is 9.59 Å². The number of nitrogens with one attached hydrogen (secondary N) is 2. The van der Waals surface area contributed by atoms with Gasteiger partial charge in [0.1, 0.15) is 17.9 Å². The summed E-state index contributed by atoms with van der Waals surface area (Å²) in [6.45, 7) is 8.07. The first kappa shape index (κ1) is 30.2. The quantitative estimate of drug-likeness (QED) is 0.240. The number of hydrogen-bond donors (Lipinski definition) is 2. The largest absolute Gasteiger partial charge is 0.444 e. The van der Waals surface area contributed by atoms with E-state index >= 15 is 0 Å². The Morgan fingerprint density at radius 2 is 1.66 bits per heavy atom. The van der Waals surface area contributed by atoms with Gasteiger partial charge >= 0.3 is 6.09 Å². The number of alkyl carbamates (subject to hydrolysis) is 1. The van der Waals surface area contributed by atoms with Crippen LogP contribution in [0.4, 0.5) is 4.79 Å². The molecule has 5 aromatic rings. The molecule has 11 nitrogen and oxygen atoms in total. The van der Waals surface area contributed by atoms with Crippen LogP contribution in [0.25, 0.3) is 43.6 Å². The van der Waals surface area contributed by atoms with Gasteiger partial charge in [-0.15, -0.1) is 0 Å². The number of nitrogens with zero attached hydrogens (tertiary/aromatic N) is 3. The van der Waals surface area contributed by atoms with Gasteiger partial charge in [-0.05, 0) is 64.7 Å². The molecule has 1 saturated heterocycles. The van der Waals surface area contributed by atoms with E-state index in [4.69, 9.17) is 14.2 Å². The first-order valence-corrected chi connectivity index (χ1v) is 17.6. The molecule has 5 heterocycles. The fourth-order valence-corrected chi connectivity index (χ4v) is 10.6. The smallest absolute Gasteiger partial charge is 0.408 e. The number of para-hydroxylation sites is 2. The lowest BCUT2D eigenvalue weighted by atomic mass is 9.39. The number of aromatic nitrogens is 2. The van der Waals surface area contributed by atoms with Crippen molar-refractivity contribution < 1.29 is 28.6 Å². The van der Waals surface area contributed by atoms with E-state index in [2.05, 4.69) is 51.0 Å². The van der Waals surface area contributed by atoms with E-state index in [9.17, 15) is 14.4 Å². The molecule has 4 atom stereocenters. The van der Waals surface area contributed by atoms with Gasteiger partial charge in [0.05, 0.1) is 39.1 Å². The molecule has 3 aliphatic carbocycles. The van der Waals surface area contributed by atoms with Crippen molar-refractivity contribution >= 4 is 61.5 Å². The molecule has 2 aromatic heterocycles. The maximum atomic E-state index is 14.5. The molecule has 3 aromatic carbocycles. The Hall–Kier alpha value is -4.61. The number of carbonyl (C=O) groups is 3. The molecule has 4 bridgehead atoms. The maximum Gasteiger partial charge on any atom is 0.408 e. The summed E-state index contributed by atoms with van der Waals surface area (Å²) in [6.07, 6.45) is 0.859. The Labute approximate surface area is 288 Å². The molecule has 2 N–H and O–H groups in total. The zero-order chi connectivity index (χ0) is 34.7. The number of methoxy groups -OCH3 is 1. The molecule has 50 heavy (non-hydrogen) atoms. The summed E-state index contributed by atoms with van der Waals surface area (Å²) in [4.78, 5) is 42.7. The summed E-state index contributed by atoms with van der Waals surface area (Å²) in [5.74, 6) is 0.00860. The van der Waals surface area contributed by atoms with Crippen molar-refractivity contribution in [2.24, 2.45) is 5.41 Å². The van der Waals surface area contributed by atoms with Crippen LogP contribution >= 0.6 is 0 Å². The van der Waals surface area contributed by atoms with Crippen LogP contribution in [0, 0.1) is 5.41 Å². The average Bonchev–Trinajstić information content (AvgIpc) is 3.68. The standard InChI is InChI=1S/C39H41N5O6/c1-36(2,3)50-35(47)41-39-17-38(18-39,19-39)34(46)42(5)25-15-26-43-23-13-9-7-11-20(23)28-29-22(16-40-33(29)45)27-21-12-8-10-14-24(21)44(31(27)30(28)43)37(4,49-26)32(25)48-6/h7-14,25-26,32H,15-19H2,1-6H3,(H,40,45)(H,41,47)/t25-,26-,32-,37+,38?,39?/m1/s1. The number of hydrogen-bond acceptors (Lipinski definition) is 6. The Morgan fingerprint density at radius 3 is 2.34 bits per heavy atom. The zero-order valence-electron chi connectivity index (χ0n) is 29.2. The second-order valence-electron chi connectivity index (χ2n) is 16.4. The molecule has 4 fully saturated rings. The zero-order valence-corrected chi connectivity index (χ0v) is 29.2. The summed E-state index contributed by atoms with van der Waals surface area (Å²) in [5.41, 5.74) is 3.18. The number of rotatable bonds is 4. The monoisotopic (exact) mass is 675 g/mol. The van der Waals surface area contributed by atoms with Crippen LogP contribution in [0.15, 0.2) is 48.5 Å². The van der Waals surface area contributed by atoms with Crippen LogP contribution in [-0.2, 0) is 31.3 Å². The summed E-state index contributed by atoms with van der Waals surface area (Å²) in [5, 5.41) is 10.2. The lowest BCUT2D eigenvalue weighted by Gasteiger charge is -2.69. The lowest BCUT2D eigenvalue weighted by Crippen LogP contribution is -2.79. The molecule has 0 spiro atoms.